The molecular weight excluding hydrogens is 666 g/mol. The van der Waals surface area contributed by atoms with Crippen LogP contribution in [0, 0.1) is 0 Å². The van der Waals surface area contributed by atoms with Crippen LogP contribution in [0.3, 0.4) is 0 Å². The molecule has 0 spiro atoms. The zero-order valence-corrected chi connectivity index (χ0v) is 34.9. The molecule has 0 rings (SSSR count). The molecule has 8 heteroatoms. The van der Waals surface area contributed by atoms with Crippen molar-refractivity contribution in [3.8, 4) is 0 Å². The van der Waals surface area contributed by atoms with E-state index in [-0.39, 0.29) is 42.7 Å². The molecule has 0 saturated heterocycles. The smallest absolute Gasteiger partial charge is 0.306 e. The van der Waals surface area contributed by atoms with E-state index in [4.69, 9.17) is 14.2 Å². The summed E-state index contributed by atoms with van der Waals surface area (Å²) < 4.78 is 17.1. The lowest BCUT2D eigenvalue weighted by molar-refractivity contribution is -0.889. The van der Waals surface area contributed by atoms with Gasteiger partial charge in [0, 0.05) is 19.3 Å². The van der Waals surface area contributed by atoms with Gasteiger partial charge in [-0.3, -0.25) is 9.59 Å². The van der Waals surface area contributed by atoms with Gasteiger partial charge in [0.2, 0.25) is 0 Å². The van der Waals surface area contributed by atoms with Gasteiger partial charge in [0.05, 0.1) is 40.3 Å². The van der Waals surface area contributed by atoms with E-state index in [0.29, 0.717) is 12.8 Å². The maximum absolute atomic E-state index is 12.6. The first-order valence-electron chi connectivity index (χ1n) is 21.5. The van der Waals surface area contributed by atoms with Crippen LogP contribution >= 0.6 is 0 Å². The number of carbonyl (C=O) groups is 3. The number of carbonyl (C=O) groups excluding carboxylic acids is 3. The van der Waals surface area contributed by atoms with E-state index in [0.717, 1.165) is 57.8 Å². The minimum absolute atomic E-state index is 0.0359. The number of allylic oxidation sites excluding steroid dienone is 6. The first-order valence-corrected chi connectivity index (χ1v) is 21.5. The first kappa shape index (κ1) is 50.5. The van der Waals surface area contributed by atoms with Crippen molar-refractivity contribution in [2.45, 2.75) is 193 Å². The van der Waals surface area contributed by atoms with E-state index in [1.807, 2.05) is 0 Å². The number of hydrogen-bond donors (Lipinski definition) is 0. The largest absolute Gasteiger partial charge is 0.544 e. The molecule has 0 bridgehead atoms. The second-order valence-electron chi connectivity index (χ2n) is 15.6. The lowest BCUT2D eigenvalue weighted by atomic mass is 10.1. The average molecular weight is 748 g/mol. The molecule has 0 amide bonds. The zero-order valence-electron chi connectivity index (χ0n) is 34.9. The summed E-state index contributed by atoms with van der Waals surface area (Å²) in [6.45, 7) is 4.57. The minimum Gasteiger partial charge on any atom is -0.544 e. The van der Waals surface area contributed by atoms with Crippen LogP contribution in [0.1, 0.15) is 181 Å². The van der Waals surface area contributed by atoms with Gasteiger partial charge in [-0.2, -0.15) is 0 Å². The maximum atomic E-state index is 12.6. The van der Waals surface area contributed by atoms with Gasteiger partial charge in [-0.05, 0) is 57.8 Å². The van der Waals surface area contributed by atoms with Crippen LogP contribution in [-0.4, -0.2) is 75.5 Å². The van der Waals surface area contributed by atoms with E-state index >= 15 is 0 Å². The summed E-state index contributed by atoms with van der Waals surface area (Å²) in [6.07, 6.45) is 40.3. The molecular formula is C45H81NO7. The topological polar surface area (TPSA) is 102 Å². The number of ether oxygens (including phenoxy) is 3. The van der Waals surface area contributed by atoms with Crippen LogP contribution in [0.4, 0.5) is 0 Å². The Morgan fingerprint density at radius 3 is 1.53 bits per heavy atom. The molecule has 0 aromatic heterocycles. The van der Waals surface area contributed by atoms with Gasteiger partial charge in [-0.25, -0.2) is 0 Å². The standard InChI is InChI=1S/C45H81NO7/c1-6-8-10-12-14-16-18-19-20-21-22-23-24-25-26-28-29-31-33-35-43(47)52-40-41(39-51-38-37-42(45(49)50)46(3,4)5)53-44(48)36-34-32-30-27-17-15-13-11-9-7-2/h13-16,18-19,41-42H,6-12,17,20-40H2,1-5H3/b15-13+,16-14+,19-18+. The summed E-state index contributed by atoms with van der Waals surface area (Å²) in [7, 11) is 5.40. The van der Waals surface area contributed by atoms with Crippen LogP contribution in [0.5, 0.6) is 0 Å². The van der Waals surface area contributed by atoms with Crippen LogP contribution in [0.2, 0.25) is 0 Å². The number of rotatable bonds is 38. The van der Waals surface area contributed by atoms with Crippen molar-refractivity contribution >= 4 is 17.9 Å². The van der Waals surface area contributed by atoms with Crippen molar-refractivity contribution in [3.63, 3.8) is 0 Å². The third kappa shape index (κ3) is 35.0. The number of quaternary nitrogens is 1. The van der Waals surface area contributed by atoms with Crippen LogP contribution in [0.25, 0.3) is 0 Å². The van der Waals surface area contributed by atoms with Crippen molar-refractivity contribution in [1.29, 1.82) is 0 Å². The maximum Gasteiger partial charge on any atom is 0.306 e. The molecule has 0 saturated carbocycles. The molecule has 0 aromatic rings. The van der Waals surface area contributed by atoms with E-state index < -0.39 is 18.1 Å². The van der Waals surface area contributed by atoms with Gasteiger partial charge < -0.3 is 28.6 Å². The number of likely N-dealkylation sites (N-methyl/N-ethyl adjacent to an activating group) is 1. The normalized spacial score (nSPS) is 13.3. The number of nitrogens with zero attached hydrogens (tertiary/aromatic N) is 1. The molecule has 53 heavy (non-hydrogen) atoms. The molecule has 0 aliphatic rings. The predicted molar refractivity (Wildman–Crippen MR) is 217 cm³/mol. The number of carboxylic acids is 1. The monoisotopic (exact) mass is 748 g/mol. The Bertz CT molecular complexity index is 968. The summed E-state index contributed by atoms with van der Waals surface area (Å²) in [4.78, 5) is 36.7. The van der Waals surface area contributed by atoms with Gasteiger partial charge in [0.1, 0.15) is 12.6 Å². The number of carboxylic acid groups (broad SMARTS) is 1. The molecule has 8 nitrogen and oxygen atoms in total. The van der Waals surface area contributed by atoms with E-state index in [9.17, 15) is 19.5 Å². The fourth-order valence-electron chi connectivity index (χ4n) is 6.10. The third-order valence-electron chi connectivity index (χ3n) is 9.53. The molecule has 0 aliphatic heterocycles. The van der Waals surface area contributed by atoms with E-state index in [1.54, 1.807) is 21.1 Å². The number of esters is 2. The highest BCUT2D eigenvalue weighted by atomic mass is 16.6. The third-order valence-corrected chi connectivity index (χ3v) is 9.53. The fraction of sp³-hybridized carbons (Fsp3) is 0.800. The molecule has 308 valence electrons. The number of hydrogen-bond acceptors (Lipinski definition) is 7. The van der Waals surface area contributed by atoms with Gasteiger partial charge in [-0.15, -0.1) is 0 Å². The zero-order chi connectivity index (χ0) is 39.3. The Kier molecular flexibility index (Phi) is 34.8. The molecule has 2 atom stereocenters. The second kappa shape index (κ2) is 36.5. The first-order chi connectivity index (χ1) is 25.6. The summed E-state index contributed by atoms with van der Waals surface area (Å²) >= 11 is 0. The van der Waals surface area contributed by atoms with Crippen molar-refractivity contribution in [2.75, 3.05) is 41.0 Å². The van der Waals surface area contributed by atoms with E-state index in [1.165, 1.54) is 89.9 Å². The Morgan fingerprint density at radius 1 is 0.566 bits per heavy atom. The van der Waals surface area contributed by atoms with Crippen LogP contribution in [0.15, 0.2) is 36.5 Å². The summed E-state index contributed by atoms with van der Waals surface area (Å²) in [5, 5.41) is 11.6. The van der Waals surface area contributed by atoms with Crippen LogP contribution < -0.4 is 5.11 Å². The second-order valence-corrected chi connectivity index (χ2v) is 15.6. The van der Waals surface area contributed by atoms with Gasteiger partial charge in [-0.1, -0.05) is 140 Å². The SMILES string of the molecule is CCCC/C=C/CCCCCCC(=O)OC(COCCC(C(=O)[O-])[N+](C)(C)C)COC(=O)CCCCCCCCCCCC/C=C/C=C/CCCCC. The van der Waals surface area contributed by atoms with Gasteiger partial charge in [0.25, 0.3) is 0 Å². The molecule has 0 radical (unpaired) electrons. The lowest BCUT2D eigenvalue weighted by Crippen LogP contribution is -2.55. The minimum atomic E-state index is -1.13. The summed E-state index contributed by atoms with van der Waals surface area (Å²) in [5.74, 6) is -1.76. The quantitative estimate of drug-likeness (QED) is 0.0204. The number of unbranched alkanes of at least 4 members (excludes halogenated alkanes) is 19. The number of aliphatic carboxylic acids is 1. The van der Waals surface area contributed by atoms with Gasteiger partial charge >= 0.3 is 11.9 Å². The van der Waals surface area contributed by atoms with Crippen molar-refractivity contribution in [3.05, 3.63) is 36.5 Å². The molecule has 0 aromatic carbocycles. The molecule has 2 unspecified atom stereocenters. The summed E-state index contributed by atoms with van der Waals surface area (Å²) in [6, 6.07) is -0.726. The highest BCUT2D eigenvalue weighted by Gasteiger charge is 2.25. The van der Waals surface area contributed by atoms with E-state index in [2.05, 4.69) is 50.3 Å². The average Bonchev–Trinajstić information content (AvgIpc) is 3.11. The Morgan fingerprint density at radius 2 is 1.02 bits per heavy atom. The molecule has 0 aliphatic carbocycles. The lowest BCUT2D eigenvalue weighted by Gasteiger charge is -2.34. The van der Waals surface area contributed by atoms with Crippen LogP contribution in [-0.2, 0) is 28.6 Å². The summed E-state index contributed by atoms with van der Waals surface area (Å²) in [5.41, 5.74) is 0. The molecule has 0 N–H and O–H groups in total. The Hall–Kier alpha value is -2.45. The van der Waals surface area contributed by atoms with Crippen molar-refractivity contribution in [2.24, 2.45) is 0 Å². The Balaban J connectivity index is 4.28. The predicted octanol–water partition coefficient (Wildman–Crippen LogP) is 10.1. The Labute approximate surface area is 325 Å². The van der Waals surface area contributed by atoms with Crippen molar-refractivity contribution in [1.82, 2.24) is 0 Å². The van der Waals surface area contributed by atoms with Gasteiger partial charge in [0.15, 0.2) is 6.10 Å². The molecule has 0 fully saturated rings. The fourth-order valence-corrected chi connectivity index (χ4v) is 6.10. The van der Waals surface area contributed by atoms with Crippen molar-refractivity contribution < 1.29 is 38.2 Å². The highest BCUT2D eigenvalue weighted by molar-refractivity contribution is 5.70. The molecule has 0 heterocycles. The highest BCUT2D eigenvalue weighted by Crippen LogP contribution is 2.14.